The summed E-state index contributed by atoms with van der Waals surface area (Å²) in [7, 11) is 0. The number of carbonyl (C=O) groups excluding carboxylic acids is 2. The Kier molecular flexibility index (Phi) is 7.03. The third-order valence-electron chi connectivity index (χ3n) is 6.53. The van der Waals surface area contributed by atoms with Gasteiger partial charge in [-0.15, -0.1) is 0 Å². The summed E-state index contributed by atoms with van der Waals surface area (Å²) >= 11 is 0. The SMILES string of the molecule is Cc1ccccc1CN(C(=O)C1CCCC1)c1ccc(CC(=O)N2CCOCC2)cc1. The van der Waals surface area contributed by atoms with Crippen LogP contribution in [0.15, 0.2) is 48.5 Å². The van der Waals surface area contributed by atoms with Crippen molar-refractivity contribution in [2.75, 3.05) is 31.2 Å². The fourth-order valence-corrected chi connectivity index (χ4v) is 4.54. The molecule has 2 amide bonds. The maximum Gasteiger partial charge on any atom is 0.230 e. The van der Waals surface area contributed by atoms with E-state index in [-0.39, 0.29) is 17.7 Å². The van der Waals surface area contributed by atoms with Gasteiger partial charge in [0.25, 0.3) is 0 Å². The Morgan fingerprint density at radius 1 is 1.00 bits per heavy atom. The van der Waals surface area contributed by atoms with Crippen LogP contribution in [0.5, 0.6) is 0 Å². The van der Waals surface area contributed by atoms with Gasteiger partial charge in [-0.3, -0.25) is 9.59 Å². The molecular weight excluding hydrogens is 388 g/mol. The van der Waals surface area contributed by atoms with Crippen molar-refractivity contribution in [3.63, 3.8) is 0 Å². The average Bonchev–Trinajstić information content (AvgIpc) is 3.34. The van der Waals surface area contributed by atoms with Crippen LogP contribution in [0.4, 0.5) is 5.69 Å². The molecular formula is C26H32N2O3. The van der Waals surface area contributed by atoms with Gasteiger partial charge in [0, 0.05) is 24.7 Å². The summed E-state index contributed by atoms with van der Waals surface area (Å²) in [6.45, 7) is 5.22. The van der Waals surface area contributed by atoms with Crippen molar-refractivity contribution in [2.24, 2.45) is 5.92 Å². The second-order valence-corrected chi connectivity index (χ2v) is 8.67. The van der Waals surface area contributed by atoms with Gasteiger partial charge in [-0.1, -0.05) is 49.2 Å². The molecule has 31 heavy (non-hydrogen) atoms. The van der Waals surface area contributed by atoms with E-state index in [0.717, 1.165) is 36.9 Å². The molecule has 4 rings (SSSR count). The van der Waals surface area contributed by atoms with E-state index in [9.17, 15) is 9.59 Å². The highest BCUT2D eigenvalue weighted by atomic mass is 16.5. The molecule has 1 saturated heterocycles. The van der Waals surface area contributed by atoms with Gasteiger partial charge in [-0.25, -0.2) is 0 Å². The second kappa shape index (κ2) is 10.1. The van der Waals surface area contributed by atoms with E-state index in [1.807, 2.05) is 46.2 Å². The van der Waals surface area contributed by atoms with Gasteiger partial charge in [0.1, 0.15) is 0 Å². The monoisotopic (exact) mass is 420 g/mol. The third-order valence-corrected chi connectivity index (χ3v) is 6.53. The predicted octanol–water partition coefficient (Wildman–Crippen LogP) is 4.12. The number of amides is 2. The minimum Gasteiger partial charge on any atom is -0.378 e. The molecule has 0 atom stereocenters. The zero-order chi connectivity index (χ0) is 21.6. The molecule has 0 unspecified atom stereocenters. The van der Waals surface area contributed by atoms with Gasteiger partial charge in [0.05, 0.1) is 26.2 Å². The first-order valence-electron chi connectivity index (χ1n) is 11.4. The van der Waals surface area contributed by atoms with Crippen molar-refractivity contribution in [3.8, 4) is 0 Å². The van der Waals surface area contributed by atoms with E-state index in [1.165, 1.54) is 11.1 Å². The van der Waals surface area contributed by atoms with Crippen LogP contribution < -0.4 is 4.90 Å². The minimum atomic E-state index is 0.117. The summed E-state index contributed by atoms with van der Waals surface area (Å²) in [6.07, 6.45) is 4.62. The van der Waals surface area contributed by atoms with E-state index in [0.29, 0.717) is 39.3 Å². The van der Waals surface area contributed by atoms with Crippen molar-refractivity contribution in [1.82, 2.24) is 4.90 Å². The van der Waals surface area contributed by atoms with Crippen LogP contribution >= 0.6 is 0 Å². The average molecular weight is 421 g/mol. The fourth-order valence-electron chi connectivity index (χ4n) is 4.54. The quantitative estimate of drug-likeness (QED) is 0.706. The molecule has 0 aromatic heterocycles. The van der Waals surface area contributed by atoms with E-state index < -0.39 is 0 Å². The number of aryl methyl sites for hydroxylation is 1. The van der Waals surface area contributed by atoms with Gasteiger partial charge in [-0.05, 0) is 48.6 Å². The lowest BCUT2D eigenvalue weighted by molar-refractivity contribution is -0.134. The second-order valence-electron chi connectivity index (χ2n) is 8.67. The van der Waals surface area contributed by atoms with Crippen molar-refractivity contribution in [3.05, 3.63) is 65.2 Å². The molecule has 0 N–H and O–H groups in total. The van der Waals surface area contributed by atoms with Crippen molar-refractivity contribution in [1.29, 1.82) is 0 Å². The molecule has 2 aromatic rings. The number of morpholine rings is 1. The van der Waals surface area contributed by atoms with Crippen molar-refractivity contribution >= 4 is 17.5 Å². The Bertz CT molecular complexity index is 897. The Morgan fingerprint density at radius 2 is 1.68 bits per heavy atom. The fraction of sp³-hybridized carbons (Fsp3) is 0.462. The van der Waals surface area contributed by atoms with Crippen molar-refractivity contribution < 1.29 is 14.3 Å². The maximum absolute atomic E-state index is 13.4. The molecule has 0 bridgehead atoms. The molecule has 1 heterocycles. The van der Waals surface area contributed by atoms with E-state index in [1.54, 1.807) is 0 Å². The highest BCUT2D eigenvalue weighted by molar-refractivity contribution is 5.95. The first-order valence-corrected chi connectivity index (χ1v) is 11.4. The number of hydrogen-bond acceptors (Lipinski definition) is 3. The van der Waals surface area contributed by atoms with Crippen molar-refractivity contribution in [2.45, 2.75) is 45.6 Å². The molecule has 164 valence electrons. The first-order chi connectivity index (χ1) is 15.1. The van der Waals surface area contributed by atoms with Crippen LogP contribution in [0.25, 0.3) is 0 Å². The number of ether oxygens (including phenoxy) is 1. The van der Waals surface area contributed by atoms with Crippen LogP contribution in [-0.2, 0) is 27.3 Å². The number of hydrogen-bond donors (Lipinski definition) is 0. The molecule has 2 aromatic carbocycles. The van der Waals surface area contributed by atoms with Crippen LogP contribution in [-0.4, -0.2) is 43.0 Å². The standard InChI is InChI=1S/C26H32N2O3/c1-20-6-2-3-9-23(20)19-28(26(30)22-7-4-5-8-22)24-12-10-21(11-13-24)18-25(29)27-14-16-31-17-15-27/h2-3,6,9-13,22H,4-5,7-8,14-19H2,1H3. The summed E-state index contributed by atoms with van der Waals surface area (Å²) in [5.41, 5.74) is 4.24. The molecule has 1 saturated carbocycles. The van der Waals surface area contributed by atoms with Gasteiger partial charge < -0.3 is 14.5 Å². The van der Waals surface area contributed by atoms with Gasteiger partial charge in [0.2, 0.25) is 11.8 Å². The number of carbonyl (C=O) groups is 2. The number of nitrogens with zero attached hydrogens (tertiary/aromatic N) is 2. The van der Waals surface area contributed by atoms with Crippen LogP contribution in [0.3, 0.4) is 0 Å². The minimum absolute atomic E-state index is 0.117. The van der Waals surface area contributed by atoms with Gasteiger partial charge in [-0.2, -0.15) is 0 Å². The number of rotatable bonds is 6. The Labute approximate surface area is 185 Å². The first kappa shape index (κ1) is 21.6. The van der Waals surface area contributed by atoms with Crippen LogP contribution in [0, 0.1) is 12.8 Å². The Balaban J connectivity index is 1.51. The predicted molar refractivity (Wildman–Crippen MR) is 122 cm³/mol. The largest absolute Gasteiger partial charge is 0.378 e. The molecule has 0 radical (unpaired) electrons. The van der Waals surface area contributed by atoms with Crippen LogP contribution in [0.1, 0.15) is 42.4 Å². The van der Waals surface area contributed by atoms with Crippen LogP contribution in [0.2, 0.25) is 0 Å². The topological polar surface area (TPSA) is 49.9 Å². The molecule has 1 aliphatic heterocycles. The lowest BCUT2D eigenvalue weighted by Gasteiger charge is -2.28. The lowest BCUT2D eigenvalue weighted by atomic mass is 10.0. The Hall–Kier alpha value is -2.66. The molecule has 5 nitrogen and oxygen atoms in total. The zero-order valence-corrected chi connectivity index (χ0v) is 18.4. The molecule has 2 aliphatic rings. The number of anilines is 1. The van der Waals surface area contributed by atoms with E-state index in [2.05, 4.69) is 19.1 Å². The maximum atomic E-state index is 13.4. The molecule has 0 spiro atoms. The summed E-state index contributed by atoms with van der Waals surface area (Å²) in [6, 6.07) is 16.2. The summed E-state index contributed by atoms with van der Waals surface area (Å²) in [5.74, 6) is 0.472. The van der Waals surface area contributed by atoms with Gasteiger partial charge in [0.15, 0.2) is 0 Å². The third kappa shape index (κ3) is 5.34. The smallest absolute Gasteiger partial charge is 0.230 e. The highest BCUT2D eigenvalue weighted by Gasteiger charge is 2.28. The lowest BCUT2D eigenvalue weighted by Crippen LogP contribution is -2.41. The normalized spacial score (nSPS) is 17.0. The summed E-state index contributed by atoms with van der Waals surface area (Å²) < 4.78 is 5.33. The van der Waals surface area contributed by atoms with E-state index >= 15 is 0 Å². The van der Waals surface area contributed by atoms with Gasteiger partial charge >= 0.3 is 0 Å². The summed E-state index contributed by atoms with van der Waals surface area (Å²) in [4.78, 5) is 29.7. The van der Waals surface area contributed by atoms with E-state index in [4.69, 9.17) is 4.74 Å². The zero-order valence-electron chi connectivity index (χ0n) is 18.4. The highest BCUT2D eigenvalue weighted by Crippen LogP contribution is 2.30. The summed E-state index contributed by atoms with van der Waals surface area (Å²) in [5, 5.41) is 0. The molecule has 5 heteroatoms. The molecule has 1 aliphatic carbocycles. The number of benzene rings is 2. The Morgan fingerprint density at radius 3 is 2.35 bits per heavy atom. The molecule has 2 fully saturated rings.